The van der Waals surface area contributed by atoms with E-state index < -0.39 is 0 Å². The monoisotopic (exact) mass is 249 g/mol. The lowest BCUT2D eigenvalue weighted by molar-refractivity contribution is 0.365. The Balaban J connectivity index is 2.33. The second kappa shape index (κ2) is 5.05. The van der Waals surface area contributed by atoms with Gasteiger partial charge in [0, 0.05) is 0 Å². The summed E-state index contributed by atoms with van der Waals surface area (Å²) in [5, 5.41) is 13.6. The lowest BCUT2D eigenvalue weighted by Crippen LogP contribution is -2.11. The second-order valence-electron chi connectivity index (χ2n) is 4.14. The molecule has 0 aliphatic heterocycles. The zero-order chi connectivity index (χ0) is 13.1. The normalized spacial score (nSPS) is 10.9. The van der Waals surface area contributed by atoms with Crippen molar-refractivity contribution >= 4 is 0 Å². The summed E-state index contributed by atoms with van der Waals surface area (Å²) in [6, 6.07) is 4.85. The van der Waals surface area contributed by atoms with Gasteiger partial charge in [-0.1, -0.05) is 5.16 Å². The quantitative estimate of drug-likeness (QED) is 0.885. The van der Waals surface area contributed by atoms with Gasteiger partial charge in [0.15, 0.2) is 5.82 Å². The van der Waals surface area contributed by atoms with Crippen LogP contribution in [0.4, 0.5) is 0 Å². The molecule has 1 N–H and O–H groups in total. The molecule has 0 saturated heterocycles. The molecule has 0 radical (unpaired) electrons. The Hall–Kier alpha value is -2.08. The highest BCUT2D eigenvalue weighted by Crippen LogP contribution is 2.31. The minimum Gasteiger partial charge on any atom is -0.507 e. The van der Waals surface area contributed by atoms with Crippen molar-refractivity contribution in [2.45, 2.75) is 6.54 Å². The molecule has 6 nitrogen and oxygen atoms in total. The van der Waals surface area contributed by atoms with Crippen molar-refractivity contribution in [3.8, 4) is 23.0 Å². The van der Waals surface area contributed by atoms with E-state index in [1.54, 1.807) is 19.2 Å². The summed E-state index contributed by atoms with van der Waals surface area (Å²) in [5.74, 6) is 1.55. The van der Waals surface area contributed by atoms with E-state index in [1.807, 2.05) is 19.0 Å². The molecule has 0 fully saturated rings. The van der Waals surface area contributed by atoms with Gasteiger partial charge in [-0.3, -0.25) is 0 Å². The fraction of sp³-hybridized carbons (Fsp3) is 0.333. The van der Waals surface area contributed by atoms with Gasteiger partial charge < -0.3 is 19.3 Å². The predicted molar refractivity (Wildman–Crippen MR) is 65.3 cm³/mol. The van der Waals surface area contributed by atoms with Crippen LogP contribution >= 0.6 is 0 Å². The molecule has 0 unspecified atom stereocenters. The third-order valence-electron chi connectivity index (χ3n) is 2.36. The van der Waals surface area contributed by atoms with E-state index in [0.29, 0.717) is 23.7 Å². The number of ether oxygens (including phenoxy) is 1. The third-order valence-corrected chi connectivity index (χ3v) is 2.36. The number of benzene rings is 1. The van der Waals surface area contributed by atoms with E-state index in [2.05, 4.69) is 10.1 Å². The van der Waals surface area contributed by atoms with Crippen LogP contribution in [0.1, 0.15) is 5.82 Å². The van der Waals surface area contributed by atoms with Gasteiger partial charge in [-0.2, -0.15) is 4.98 Å². The summed E-state index contributed by atoms with van der Waals surface area (Å²) < 4.78 is 10.2. The minimum absolute atomic E-state index is 0.0795. The van der Waals surface area contributed by atoms with Gasteiger partial charge in [-0.15, -0.1) is 0 Å². The van der Waals surface area contributed by atoms with Crippen LogP contribution in [0.2, 0.25) is 0 Å². The molecule has 2 rings (SSSR count). The van der Waals surface area contributed by atoms with Crippen molar-refractivity contribution in [1.82, 2.24) is 15.0 Å². The van der Waals surface area contributed by atoms with Gasteiger partial charge in [0.2, 0.25) is 0 Å². The smallest absolute Gasteiger partial charge is 0.261 e. The molecule has 0 aliphatic carbocycles. The molecule has 0 aliphatic rings. The van der Waals surface area contributed by atoms with Gasteiger partial charge in [0.25, 0.3) is 5.89 Å². The first-order valence-corrected chi connectivity index (χ1v) is 5.45. The van der Waals surface area contributed by atoms with Crippen LogP contribution < -0.4 is 4.74 Å². The zero-order valence-corrected chi connectivity index (χ0v) is 10.5. The maximum Gasteiger partial charge on any atom is 0.261 e. The number of nitrogens with zero attached hydrogens (tertiary/aromatic N) is 3. The third kappa shape index (κ3) is 2.60. The van der Waals surface area contributed by atoms with E-state index in [4.69, 9.17) is 9.26 Å². The highest BCUT2D eigenvalue weighted by molar-refractivity contribution is 5.64. The molecule has 0 bridgehead atoms. The summed E-state index contributed by atoms with van der Waals surface area (Å²) in [6.45, 7) is 0.578. The highest BCUT2D eigenvalue weighted by atomic mass is 16.5. The molecule has 0 amide bonds. The van der Waals surface area contributed by atoms with Crippen LogP contribution in [0.25, 0.3) is 11.5 Å². The fourth-order valence-corrected chi connectivity index (χ4v) is 1.52. The van der Waals surface area contributed by atoms with Gasteiger partial charge in [-0.05, 0) is 32.3 Å². The molecule has 6 heteroatoms. The average Bonchev–Trinajstić information content (AvgIpc) is 2.77. The van der Waals surface area contributed by atoms with Gasteiger partial charge >= 0.3 is 0 Å². The summed E-state index contributed by atoms with van der Waals surface area (Å²) in [4.78, 5) is 6.15. The van der Waals surface area contributed by atoms with E-state index >= 15 is 0 Å². The van der Waals surface area contributed by atoms with Crippen molar-refractivity contribution in [3.05, 3.63) is 24.0 Å². The molecule has 1 aromatic carbocycles. The largest absolute Gasteiger partial charge is 0.507 e. The maximum atomic E-state index is 9.78. The van der Waals surface area contributed by atoms with Crippen LogP contribution in [0, 0.1) is 0 Å². The lowest BCUT2D eigenvalue weighted by Gasteiger charge is -2.04. The Bertz CT molecular complexity index is 537. The number of methoxy groups -OCH3 is 1. The number of hydrogen-bond acceptors (Lipinski definition) is 6. The average molecular weight is 249 g/mol. The van der Waals surface area contributed by atoms with Crippen molar-refractivity contribution in [3.63, 3.8) is 0 Å². The number of aromatic nitrogens is 2. The second-order valence-corrected chi connectivity index (χ2v) is 4.14. The van der Waals surface area contributed by atoms with Gasteiger partial charge in [0.1, 0.15) is 11.5 Å². The van der Waals surface area contributed by atoms with Crippen molar-refractivity contribution < 1.29 is 14.4 Å². The van der Waals surface area contributed by atoms with Crippen LogP contribution in [0.15, 0.2) is 22.7 Å². The van der Waals surface area contributed by atoms with E-state index in [-0.39, 0.29) is 11.6 Å². The SMILES string of the molecule is COc1ccc(O)c(-c2nc(CN(C)C)no2)c1. The Kier molecular flexibility index (Phi) is 3.47. The number of aromatic hydroxyl groups is 1. The van der Waals surface area contributed by atoms with Crippen LogP contribution in [0.5, 0.6) is 11.5 Å². The molecule has 1 aromatic heterocycles. The minimum atomic E-state index is 0.0795. The number of rotatable bonds is 4. The van der Waals surface area contributed by atoms with E-state index in [9.17, 15) is 5.11 Å². The van der Waals surface area contributed by atoms with E-state index in [1.165, 1.54) is 6.07 Å². The van der Waals surface area contributed by atoms with Crippen LogP contribution in [-0.2, 0) is 6.54 Å². The van der Waals surface area contributed by atoms with E-state index in [0.717, 1.165) is 0 Å². The van der Waals surface area contributed by atoms with Crippen LogP contribution in [0.3, 0.4) is 0 Å². The Labute approximate surface area is 105 Å². The lowest BCUT2D eigenvalue weighted by atomic mass is 10.2. The molecule has 0 saturated carbocycles. The Morgan fingerprint density at radius 2 is 2.17 bits per heavy atom. The molecular weight excluding hydrogens is 234 g/mol. The molecule has 96 valence electrons. The number of hydrogen-bond donors (Lipinski definition) is 1. The summed E-state index contributed by atoms with van der Waals surface area (Å²) in [7, 11) is 5.39. The standard InChI is InChI=1S/C12H15N3O3/c1-15(2)7-11-13-12(18-14-11)9-6-8(17-3)4-5-10(9)16/h4-6,16H,7H2,1-3H3. The topological polar surface area (TPSA) is 71.6 Å². The van der Waals surface area contributed by atoms with Crippen molar-refractivity contribution in [1.29, 1.82) is 0 Å². The maximum absolute atomic E-state index is 9.78. The summed E-state index contributed by atoms with van der Waals surface area (Å²) >= 11 is 0. The Morgan fingerprint density at radius 1 is 1.39 bits per heavy atom. The fourth-order valence-electron chi connectivity index (χ4n) is 1.52. The molecular formula is C12H15N3O3. The first-order valence-electron chi connectivity index (χ1n) is 5.45. The molecule has 0 spiro atoms. The van der Waals surface area contributed by atoms with Crippen molar-refractivity contribution in [2.75, 3.05) is 21.2 Å². The van der Waals surface area contributed by atoms with Gasteiger partial charge in [0.05, 0.1) is 19.2 Å². The van der Waals surface area contributed by atoms with Gasteiger partial charge in [-0.25, -0.2) is 0 Å². The Morgan fingerprint density at radius 3 is 2.83 bits per heavy atom. The van der Waals surface area contributed by atoms with Crippen LogP contribution in [-0.4, -0.2) is 41.4 Å². The molecule has 1 heterocycles. The molecule has 18 heavy (non-hydrogen) atoms. The molecule has 2 aromatic rings. The zero-order valence-electron chi connectivity index (χ0n) is 10.5. The summed E-state index contributed by atoms with van der Waals surface area (Å²) in [6.07, 6.45) is 0. The first kappa shape index (κ1) is 12.4. The highest BCUT2D eigenvalue weighted by Gasteiger charge is 2.14. The first-order chi connectivity index (χ1) is 8.60. The number of phenols is 1. The summed E-state index contributed by atoms with van der Waals surface area (Å²) in [5.41, 5.74) is 0.465. The predicted octanol–water partition coefficient (Wildman–Crippen LogP) is 1.51. The van der Waals surface area contributed by atoms with Crippen molar-refractivity contribution in [2.24, 2.45) is 0 Å². The molecule has 0 atom stereocenters. The number of phenolic OH excluding ortho intramolecular Hbond substituents is 1.